The number of carbonyl (C=O) groups excluding carboxylic acids is 2. The molecule has 0 saturated heterocycles. The van der Waals surface area contributed by atoms with Crippen molar-refractivity contribution in [2.75, 3.05) is 23.4 Å². The molecule has 1 unspecified atom stereocenters. The lowest BCUT2D eigenvalue weighted by molar-refractivity contribution is -0.122. The first-order chi connectivity index (χ1) is 12.9. The van der Waals surface area contributed by atoms with Crippen LogP contribution in [0, 0.1) is 0 Å². The standard InChI is InChI=1S/C19H18Cl2N2O4/c1-3-23-15-6-5-13(9-17(15)26-10-18(23)24)22-19(25)11(2)27-16-7-4-12(20)8-14(16)21/h4-9,11H,3,10H2,1-2H3,(H,22,25). The summed E-state index contributed by atoms with van der Waals surface area (Å²) in [6.45, 7) is 4.04. The average molecular weight is 409 g/mol. The highest BCUT2D eigenvalue weighted by atomic mass is 35.5. The van der Waals surface area contributed by atoms with Crippen molar-refractivity contribution in [3.63, 3.8) is 0 Å². The second-order valence-corrected chi connectivity index (χ2v) is 6.78. The molecule has 3 rings (SSSR count). The molecule has 2 aromatic rings. The Kier molecular flexibility index (Phi) is 5.77. The molecule has 0 aliphatic carbocycles. The number of likely N-dealkylation sites (N-methyl/N-ethyl adjacent to an activating group) is 1. The van der Waals surface area contributed by atoms with Crippen LogP contribution in [0.2, 0.25) is 10.0 Å². The molecule has 2 amide bonds. The van der Waals surface area contributed by atoms with E-state index in [1.54, 1.807) is 48.2 Å². The van der Waals surface area contributed by atoms with Gasteiger partial charge in [-0.3, -0.25) is 9.59 Å². The summed E-state index contributed by atoms with van der Waals surface area (Å²) in [6.07, 6.45) is -0.783. The summed E-state index contributed by atoms with van der Waals surface area (Å²) in [7, 11) is 0. The van der Waals surface area contributed by atoms with E-state index >= 15 is 0 Å². The van der Waals surface area contributed by atoms with Crippen LogP contribution in [0.5, 0.6) is 11.5 Å². The van der Waals surface area contributed by atoms with Gasteiger partial charge in [-0.1, -0.05) is 23.2 Å². The van der Waals surface area contributed by atoms with Gasteiger partial charge >= 0.3 is 0 Å². The van der Waals surface area contributed by atoms with Gasteiger partial charge in [-0.25, -0.2) is 0 Å². The summed E-state index contributed by atoms with van der Waals surface area (Å²) >= 11 is 11.9. The fourth-order valence-electron chi connectivity index (χ4n) is 2.69. The van der Waals surface area contributed by atoms with Crippen LogP contribution >= 0.6 is 23.2 Å². The smallest absolute Gasteiger partial charge is 0.265 e. The Bertz CT molecular complexity index is 888. The van der Waals surface area contributed by atoms with Crippen LogP contribution in [-0.4, -0.2) is 31.1 Å². The SMILES string of the molecule is CCN1C(=O)COc2cc(NC(=O)C(C)Oc3ccc(Cl)cc3Cl)ccc21. The fraction of sp³-hybridized carbons (Fsp3) is 0.263. The van der Waals surface area contributed by atoms with Gasteiger partial charge < -0.3 is 19.7 Å². The number of ether oxygens (including phenoxy) is 2. The van der Waals surface area contributed by atoms with E-state index in [-0.39, 0.29) is 18.4 Å². The van der Waals surface area contributed by atoms with E-state index in [4.69, 9.17) is 32.7 Å². The van der Waals surface area contributed by atoms with Gasteiger partial charge in [0.15, 0.2) is 12.7 Å². The maximum absolute atomic E-state index is 12.4. The number of anilines is 2. The summed E-state index contributed by atoms with van der Waals surface area (Å²) in [5, 5.41) is 3.58. The van der Waals surface area contributed by atoms with E-state index in [1.165, 1.54) is 0 Å². The van der Waals surface area contributed by atoms with Crippen molar-refractivity contribution in [2.24, 2.45) is 0 Å². The number of nitrogens with zero attached hydrogens (tertiary/aromatic N) is 1. The number of amides is 2. The van der Waals surface area contributed by atoms with Crippen molar-refractivity contribution in [3.05, 3.63) is 46.4 Å². The number of hydrogen-bond donors (Lipinski definition) is 1. The first-order valence-corrected chi connectivity index (χ1v) is 9.14. The summed E-state index contributed by atoms with van der Waals surface area (Å²) in [4.78, 5) is 25.9. The van der Waals surface area contributed by atoms with Gasteiger partial charge in [0.1, 0.15) is 11.5 Å². The van der Waals surface area contributed by atoms with E-state index in [9.17, 15) is 9.59 Å². The van der Waals surface area contributed by atoms with Gasteiger partial charge in [-0.05, 0) is 44.2 Å². The van der Waals surface area contributed by atoms with Gasteiger partial charge in [-0.15, -0.1) is 0 Å². The van der Waals surface area contributed by atoms with E-state index in [0.717, 1.165) is 0 Å². The molecule has 0 aromatic heterocycles. The summed E-state index contributed by atoms with van der Waals surface area (Å²) < 4.78 is 11.1. The Morgan fingerprint density at radius 3 is 2.78 bits per heavy atom. The zero-order valence-corrected chi connectivity index (χ0v) is 16.3. The fourth-order valence-corrected chi connectivity index (χ4v) is 3.14. The highest BCUT2D eigenvalue weighted by molar-refractivity contribution is 6.35. The average Bonchev–Trinajstić information content (AvgIpc) is 2.64. The number of fused-ring (bicyclic) bond motifs is 1. The molecule has 2 aromatic carbocycles. The van der Waals surface area contributed by atoms with Crippen LogP contribution in [0.3, 0.4) is 0 Å². The van der Waals surface area contributed by atoms with Crippen LogP contribution in [0.1, 0.15) is 13.8 Å². The number of halogens is 2. The second-order valence-electron chi connectivity index (χ2n) is 5.93. The van der Waals surface area contributed by atoms with Crippen LogP contribution in [-0.2, 0) is 9.59 Å². The number of carbonyl (C=O) groups is 2. The van der Waals surface area contributed by atoms with Gasteiger partial charge in [0.2, 0.25) is 0 Å². The molecule has 8 heteroatoms. The third-order valence-electron chi connectivity index (χ3n) is 4.05. The van der Waals surface area contributed by atoms with Crippen LogP contribution in [0.25, 0.3) is 0 Å². The Morgan fingerprint density at radius 2 is 2.07 bits per heavy atom. The van der Waals surface area contributed by atoms with Crippen LogP contribution < -0.4 is 19.7 Å². The minimum absolute atomic E-state index is 0.0210. The minimum Gasteiger partial charge on any atom is -0.481 e. The Labute approximate surface area is 167 Å². The first kappa shape index (κ1) is 19.3. The Balaban J connectivity index is 1.69. The molecule has 1 N–H and O–H groups in total. The molecule has 0 spiro atoms. The zero-order chi connectivity index (χ0) is 19.6. The number of hydrogen-bond acceptors (Lipinski definition) is 4. The van der Waals surface area contributed by atoms with Crippen molar-refractivity contribution >= 4 is 46.4 Å². The predicted molar refractivity (Wildman–Crippen MR) is 105 cm³/mol. The van der Waals surface area contributed by atoms with E-state index in [0.29, 0.717) is 39.5 Å². The molecule has 0 fully saturated rings. The molecule has 0 bridgehead atoms. The third kappa shape index (κ3) is 4.28. The highest BCUT2D eigenvalue weighted by Gasteiger charge is 2.25. The lowest BCUT2D eigenvalue weighted by Gasteiger charge is -2.28. The van der Waals surface area contributed by atoms with Crippen molar-refractivity contribution in [1.29, 1.82) is 0 Å². The van der Waals surface area contributed by atoms with Crippen molar-refractivity contribution in [3.8, 4) is 11.5 Å². The molecule has 1 heterocycles. The Hall–Kier alpha value is -2.44. The molecule has 1 atom stereocenters. The Morgan fingerprint density at radius 1 is 1.30 bits per heavy atom. The van der Waals surface area contributed by atoms with E-state index in [1.807, 2.05) is 6.92 Å². The summed E-state index contributed by atoms with van der Waals surface area (Å²) in [5.74, 6) is 0.474. The molecular weight excluding hydrogens is 391 g/mol. The van der Waals surface area contributed by atoms with E-state index in [2.05, 4.69) is 5.32 Å². The largest absolute Gasteiger partial charge is 0.481 e. The first-order valence-electron chi connectivity index (χ1n) is 8.39. The molecular formula is C19H18Cl2N2O4. The normalized spacial score (nSPS) is 14.2. The lowest BCUT2D eigenvalue weighted by Crippen LogP contribution is -2.38. The summed E-state index contributed by atoms with van der Waals surface area (Å²) in [5.41, 5.74) is 1.23. The second kappa shape index (κ2) is 8.06. The van der Waals surface area contributed by atoms with Crippen LogP contribution in [0.15, 0.2) is 36.4 Å². The lowest BCUT2D eigenvalue weighted by atomic mass is 10.2. The number of rotatable bonds is 5. The predicted octanol–water partition coefficient (Wildman–Crippen LogP) is 4.14. The molecule has 6 nitrogen and oxygen atoms in total. The van der Waals surface area contributed by atoms with Crippen molar-refractivity contribution in [1.82, 2.24) is 0 Å². The maximum Gasteiger partial charge on any atom is 0.265 e. The topological polar surface area (TPSA) is 67.9 Å². The highest BCUT2D eigenvalue weighted by Crippen LogP contribution is 2.34. The maximum atomic E-state index is 12.4. The monoisotopic (exact) mass is 408 g/mol. The molecule has 27 heavy (non-hydrogen) atoms. The third-order valence-corrected chi connectivity index (χ3v) is 4.58. The van der Waals surface area contributed by atoms with Gasteiger partial charge in [0.25, 0.3) is 11.8 Å². The molecule has 0 radical (unpaired) electrons. The minimum atomic E-state index is -0.783. The molecule has 1 aliphatic heterocycles. The number of nitrogens with one attached hydrogen (secondary N) is 1. The van der Waals surface area contributed by atoms with Gasteiger partial charge in [0, 0.05) is 23.3 Å². The quantitative estimate of drug-likeness (QED) is 0.806. The molecule has 142 valence electrons. The number of benzene rings is 2. The summed E-state index contributed by atoms with van der Waals surface area (Å²) in [6, 6.07) is 9.93. The van der Waals surface area contributed by atoms with Gasteiger partial charge in [0.05, 0.1) is 10.7 Å². The van der Waals surface area contributed by atoms with Crippen molar-refractivity contribution in [2.45, 2.75) is 20.0 Å². The van der Waals surface area contributed by atoms with Gasteiger partial charge in [-0.2, -0.15) is 0 Å². The van der Waals surface area contributed by atoms with Crippen LogP contribution in [0.4, 0.5) is 11.4 Å². The molecule has 0 saturated carbocycles. The van der Waals surface area contributed by atoms with E-state index < -0.39 is 6.10 Å². The van der Waals surface area contributed by atoms with Crippen molar-refractivity contribution < 1.29 is 19.1 Å². The zero-order valence-electron chi connectivity index (χ0n) is 14.8. The molecule has 1 aliphatic rings.